The standard InChI is InChI=1S/C22H20F4N6O2/c1-11-5-15-8-21(7-11,18-30-31-19(34-18)22(24,25)26)32(15)20(33)29-14-4-3-12(2)16(6-14)17-27-9-13(23)10-28-17/h3-4,6,9-11,15H,5,7-8H2,1-2H3,(H,29,33)/t11-,15+,21-/m0/s1. The van der Waals surface area contributed by atoms with Gasteiger partial charge in [-0.05, 0) is 43.4 Å². The second-order valence-electron chi connectivity index (χ2n) is 8.90. The Labute approximate surface area is 191 Å². The summed E-state index contributed by atoms with van der Waals surface area (Å²) < 4.78 is 57.3. The molecule has 2 amide bonds. The number of hydrogen-bond donors (Lipinski definition) is 1. The van der Waals surface area contributed by atoms with Crippen molar-refractivity contribution in [3.8, 4) is 11.4 Å². The molecule has 4 heterocycles. The molecule has 178 valence electrons. The Bertz CT molecular complexity index is 1240. The molecule has 2 fully saturated rings. The lowest BCUT2D eigenvalue weighted by Gasteiger charge is -2.61. The second-order valence-corrected chi connectivity index (χ2v) is 8.90. The predicted octanol–water partition coefficient (Wildman–Crippen LogP) is 4.92. The summed E-state index contributed by atoms with van der Waals surface area (Å²) in [6.45, 7) is 3.81. The number of rotatable bonds is 3. The average molecular weight is 476 g/mol. The van der Waals surface area contributed by atoms with Gasteiger partial charge in [0.1, 0.15) is 5.54 Å². The number of carbonyl (C=O) groups is 1. The van der Waals surface area contributed by atoms with Gasteiger partial charge in [-0.1, -0.05) is 13.0 Å². The third kappa shape index (κ3) is 3.66. The second kappa shape index (κ2) is 7.74. The molecule has 3 aromatic rings. The highest BCUT2D eigenvalue weighted by Gasteiger charge is 2.62. The number of piperidine rings is 1. The van der Waals surface area contributed by atoms with Crippen LogP contribution in [0.3, 0.4) is 0 Å². The number of fused-ring (bicyclic) bond motifs is 2. The van der Waals surface area contributed by atoms with E-state index in [9.17, 15) is 22.4 Å². The number of alkyl halides is 3. The van der Waals surface area contributed by atoms with Crippen molar-refractivity contribution in [1.82, 2.24) is 25.1 Å². The van der Waals surface area contributed by atoms with Crippen LogP contribution in [0.15, 0.2) is 35.0 Å². The van der Waals surface area contributed by atoms with E-state index in [-0.39, 0.29) is 17.9 Å². The van der Waals surface area contributed by atoms with Crippen molar-refractivity contribution in [3.63, 3.8) is 0 Å². The van der Waals surface area contributed by atoms with Crippen molar-refractivity contribution in [1.29, 1.82) is 0 Å². The lowest BCUT2D eigenvalue weighted by molar-refractivity contribution is -0.161. The molecule has 1 N–H and O–H groups in total. The van der Waals surface area contributed by atoms with Crippen molar-refractivity contribution in [2.24, 2.45) is 5.92 Å². The number of benzene rings is 1. The van der Waals surface area contributed by atoms with Gasteiger partial charge in [-0.25, -0.2) is 19.2 Å². The minimum Gasteiger partial charge on any atom is -0.415 e. The van der Waals surface area contributed by atoms with Gasteiger partial charge in [-0.2, -0.15) is 13.2 Å². The molecule has 2 aromatic heterocycles. The number of halogens is 4. The van der Waals surface area contributed by atoms with Gasteiger partial charge in [-0.15, -0.1) is 10.2 Å². The molecule has 34 heavy (non-hydrogen) atoms. The van der Waals surface area contributed by atoms with Gasteiger partial charge in [0.05, 0.1) is 12.4 Å². The molecule has 8 nitrogen and oxygen atoms in total. The first-order chi connectivity index (χ1) is 16.1. The zero-order chi connectivity index (χ0) is 24.3. The fourth-order valence-electron chi connectivity index (χ4n) is 5.05. The highest BCUT2D eigenvalue weighted by atomic mass is 19.4. The summed E-state index contributed by atoms with van der Waals surface area (Å²) in [4.78, 5) is 22.8. The van der Waals surface area contributed by atoms with Crippen molar-refractivity contribution in [2.45, 2.75) is 50.9 Å². The summed E-state index contributed by atoms with van der Waals surface area (Å²) in [5.41, 5.74) is 0.780. The Kier molecular flexibility index (Phi) is 5.06. The van der Waals surface area contributed by atoms with Crippen LogP contribution in [0.4, 0.5) is 28.0 Å². The van der Waals surface area contributed by atoms with E-state index in [1.807, 2.05) is 13.8 Å². The molecule has 0 saturated carbocycles. The van der Waals surface area contributed by atoms with Crippen molar-refractivity contribution in [3.05, 3.63) is 53.8 Å². The average Bonchev–Trinajstić information content (AvgIpc) is 3.26. The Morgan fingerprint density at radius 3 is 2.62 bits per heavy atom. The van der Waals surface area contributed by atoms with Crippen LogP contribution in [0.2, 0.25) is 0 Å². The first kappa shape index (κ1) is 22.2. The molecule has 1 aromatic carbocycles. The zero-order valence-electron chi connectivity index (χ0n) is 18.2. The normalized spacial score (nSPS) is 24.0. The maximum atomic E-state index is 13.3. The molecule has 2 aliphatic rings. The van der Waals surface area contributed by atoms with Crippen molar-refractivity contribution >= 4 is 11.7 Å². The molecule has 3 atom stereocenters. The first-order valence-corrected chi connectivity index (χ1v) is 10.7. The number of amides is 2. The van der Waals surface area contributed by atoms with E-state index in [2.05, 4.69) is 25.5 Å². The zero-order valence-corrected chi connectivity index (χ0v) is 18.2. The Morgan fingerprint density at radius 1 is 1.21 bits per heavy atom. The van der Waals surface area contributed by atoms with Gasteiger partial charge in [-0.3, -0.25) is 0 Å². The smallest absolute Gasteiger partial charge is 0.415 e. The summed E-state index contributed by atoms with van der Waals surface area (Å²) in [5.74, 6) is -1.73. The number of aryl methyl sites for hydroxylation is 1. The van der Waals surface area contributed by atoms with Crippen LogP contribution in [-0.2, 0) is 11.7 Å². The summed E-state index contributed by atoms with van der Waals surface area (Å²) in [7, 11) is 0. The topological polar surface area (TPSA) is 97.0 Å². The van der Waals surface area contributed by atoms with Crippen LogP contribution in [-0.4, -0.2) is 37.1 Å². The molecule has 5 rings (SSSR count). The van der Waals surface area contributed by atoms with Crippen LogP contribution < -0.4 is 5.32 Å². The van der Waals surface area contributed by atoms with Crippen LogP contribution >= 0.6 is 0 Å². The lowest BCUT2D eigenvalue weighted by Crippen LogP contribution is -2.70. The van der Waals surface area contributed by atoms with Gasteiger partial charge in [0, 0.05) is 23.7 Å². The minimum absolute atomic E-state index is 0.157. The molecule has 0 unspecified atom stereocenters. The van der Waals surface area contributed by atoms with E-state index in [1.54, 1.807) is 18.2 Å². The maximum absolute atomic E-state index is 13.3. The monoisotopic (exact) mass is 476 g/mol. The molecular formula is C22H20F4N6O2. The third-order valence-corrected chi connectivity index (χ3v) is 6.39. The van der Waals surface area contributed by atoms with E-state index in [0.717, 1.165) is 24.4 Å². The molecule has 0 radical (unpaired) electrons. The van der Waals surface area contributed by atoms with E-state index in [1.165, 1.54) is 4.90 Å². The highest BCUT2D eigenvalue weighted by Crippen LogP contribution is 2.55. The minimum atomic E-state index is -4.76. The maximum Gasteiger partial charge on any atom is 0.470 e. The number of anilines is 1. The van der Waals surface area contributed by atoms with Crippen LogP contribution in [0, 0.1) is 18.7 Å². The first-order valence-electron chi connectivity index (χ1n) is 10.7. The fourth-order valence-corrected chi connectivity index (χ4v) is 5.05. The van der Waals surface area contributed by atoms with Gasteiger partial charge < -0.3 is 14.6 Å². The lowest BCUT2D eigenvalue weighted by atomic mass is 9.64. The molecule has 2 saturated heterocycles. The van der Waals surface area contributed by atoms with Crippen molar-refractivity contribution < 1.29 is 26.8 Å². The van der Waals surface area contributed by atoms with Crippen LogP contribution in [0.25, 0.3) is 11.4 Å². The van der Waals surface area contributed by atoms with Gasteiger partial charge in [0.15, 0.2) is 11.6 Å². The molecule has 2 aliphatic heterocycles. The quantitative estimate of drug-likeness (QED) is 0.539. The van der Waals surface area contributed by atoms with Gasteiger partial charge >= 0.3 is 18.1 Å². The Hall–Kier alpha value is -3.57. The fraction of sp³-hybridized carbons (Fsp3) is 0.409. The van der Waals surface area contributed by atoms with E-state index >= 15 is 0 Å². The van der Waals surface area contributed by atoms with Crippen LogP contribution in [0.5, 0.6) is 0 Å². The largest absolute Gasteiger partial charge is 0.470 e. The Balaban J connectivity index is 1.43. The molecule has 0 aliphatic carbocycles. The number of nitrogens with one attached hydrogen (secondary N) is 1. The van der Waals surface area contributed by atoms with Crippen LogP contribution in [0.1, 0.15) is 43.5 Å². The molecule has 2 bridgehead atoms. The van der Waals surface area contributed by atoms with E-state index in [4.69, 9.17) is 4.42 Å². The number of nitrogens with zero attached hydrogens (tertiary/aromatic N) is 5. The predicted molar refractivity (Wildman–Crippen MR) is 111 cm³/mol. The number of hydrogen-bond acceptors (Lipinski definition) is 6. The summed E-state index contributed by atoms with van der Waals surface area (Å²) in [6, 6.07) is 4.49. The number of aromatic nitrogens is 4. The summed E-state index contributed by atoms with van der Waals surface area (Å²) in [6.07, 6.45) is -1.07. The van der Waals surface area contributed by atoms with Gasteiger partial charge in [0.25, 0.3) is 0 Å². The van der Waals surface area contributed by atoms with Gasteiger partial charge in [0.2, 0.25) is 5.89 Å². The Morgan fingerprint density at radius 2 is 1.94 bits per heavy atom. The van der Waals surface area contributed by atoms with Crippen molar-refractivity contribution in [2.75, 3.05) is 5.32 Å². The molecule has 0 spiro atoms. The van der Waals surface area contributed by atoms with E-state index < -0.39 is 29.5 Å². The molecule has 12 heteroatoms. The summed E-state index contributed by atoms with van der Waals surface area (Å²) in [5, 5.41) is 9.63. The highest BCUT2D eigenvalue weighted by molar-refractivity contribution is 5.91. The third-order valence-electron chi connectivity index (χ3n) is 6.39. The molecular weight excluding hydrogens is 456 g/mol. The summed E-state index contributed by atoms with van der Waals surface area (Å²) >= 11 is 0. The SMILES string of the molecule is Cc1ccc(NC(=O)N2[C@@H]3C[C@H](C)C[C@@]2(c2nnc(C(F)(F)F)o2)C3)cc1-c1ncc(F)cn1. The number of carbonyl (C=O) groups excluding carboxylic acids is 1. The van der Waals surface area contributed by atoms with E-state index in [0.29, 0.717) is 29.9 Å². The number of urea groups is 1.